The summed E-state index contributed by atoms with van der Waals surface area (Å²) in [6, 6.07) is 15.1. The van der Waals surface area contributed by atoms with Gasteiger partial charge in [0.2, 0.25) is 0 Å². The molecule has 11 heteroatoms. The van der Waals surface area contributed by atoms with Gasteiger partial charge in [0, 0.05) is 81.5 Å². The molecule has 3 N–H and O–H groups in total. The van der Waals surface area contributed by atoms with E-state index >= 15 is 0 Å². The molecule has 1 fully saturated rings. The standard InChI is InChI=1S/C42H53F2N5O4/c1-5-8-9-11-31-12-10-13-32(22-31)28-46-29-39(53-42(52)49-18-14-45-15-19-49)38(25-33-23-36(43)27-37(44)24-33)47-40(50)34-20-30(4)21-35(26-34)41(51)48(16-6-2)17-7-3/h10,12-13,20-24,26-27,38-39,45-46H,5-8,14-19,25,28-29H2,1-4H3,(H,47,50). The van der Waals surface area contributed by atoms with Gasteiger partial charge in [-0.25, -0.2) is 13.6 Å². The van der Waals surface area contributed by atoms with E-state index in [1.807, 2.05) is 45.0 Å². The molecule has 1 aliphatic heterocycles. The molecule has 1 heterocycles. The van der Waals surface area contributed by atoms with Gasteiger partial charge in [0.05, 0.1) is 6.04 Å². The number of unbranched alkanes of at least 4 members (excludes halogenated alkanes) is 1. The lowest BCUT2D eigenvalue weighted by molar-refractivity contribution is 0.0397. The van der Waals surface area contributed by atoms with E-state index in [0.29, 0.717) is 51.4 Å². The Labute approximate surface area is 312 Å². The number of rotatable bonds is 16. The number of ether oxygens (including phenoxy) is 1. The average molecular weight is 730 g/mol. The second-order valence-corrected chi connectivity index (χ2v) is 13.5. The number of carbonyl (C=O) groups is 3. The fourth-order valence-corrected chi connectivity index (χ4v) is 6.31. The highest BCUT2D eigenvalue weighted by Crippen LogP contribution is 2.18. The minimum absolute atomic E-state index is 0.0392. The van der Waals surface area contributed by atoms with Gasteiger partial charge >= 0.3 is 6.09 Å². The summed E-state index contributed by atoms with van der Waals surface area (Å²) in [5.74, 6) is 4.15. The van der Waals surface area contributed by atoms with Gasteiger partial charge in [0.1, 0.15) is 17.7 Å². The molecule has 2 unspecified atom stereocenters. The molecule has 0 aliphatic carbocycles. The Morgan fingerprint density at radius 1 is 0.906 bits per heavy atom. The smallest absolute Gasteiger partial charge is 0.410 e. The Morgan fingerprint density at radius 3 is 2.28 bits per heavy atom. The van der Waals surface area contributed by atoms with Gasteiger partial charge in [-0.1, -0.05) is 44.7 Å². The van der Waals surface area contributed by atoms with E-state index in [-0.39, 0.29) is 30.0 Å². The maximum Gasteiger partial charge on any atom is 0.410 e. The molecular formula is C42H53F2N5O4. The molecular weight excluding hydrogens is 676 g/mol. The van der Waals surface area contributed by atoms with E-state index in [1.165, 1.54) is 12.1 Å². The molecule has 0 saturated carbocycles. The largest absolute Gasteiger partial charge is 0.443 e. The fourth-order valence-electron chi connectivity index (χ4n) is 6.31. The predicted molar refractivity (Wildman–Crippen MR) is 204 cm³/mol. The lowest BCUT2D eigenvalue weighted by Crippen LogP contribution is -2.53. The zero-order chi connectivity index (χ0) is 38.2. The number of amides is 3. The summed E-state index contributed by atoms with van der Waals surface area (Å²) in [4.78, 5) is 44.5. The minimum atomic E-state index is -0.948. The monoisotopic (exact) mass is 729 g/mol. The summed E-state index contributed by atoms with van der Waals surface area (Å²) >= 11 is 0. The summed E-state index contributed by atoms with van der Waals surface area (Å²) < 4.78 is 35.0. The number of benzene rings is 3. The van der Waals surface area contributed by atoms with Crippen LogP contribution in [0.4, 0.5) is 13.6 Å². The first-order chi connectivity index (χ1) is 25.6. The fraction of sp³-hybridized carbons (Fsp3) is 0.452. The van der Waals surface area contributed by atoms with E-state index in [0.717, 1.165) is 48.4 Å². The number of aryl methyl sites for hydroxylation is 1. The van der Waals surface area contributed by atoms with Crippen LogP contribution in [0.3, 0.4) is 0 Å². The molecule has 0 aromatic heterocycles. The third-order valence-electron chi connectivity index (χ3n) is 8.84. The molecule has 3 amide bonds. The van der Waals surface area contributed by atoms with Crippen LogP contribution in [0.15, 0.2) is 60.7 Å². The Bertz CT molecular complexity index is 1720. The summed E-state index contributed by atoms with van der Waals surface area (Å²) in [6.45, 7) is 11.8. The van der Waals surface area contributed by atoms with Crippen LogP contribution in [-0.2, 0) is 17.7 Å². The number of hydrogen-bond acceptors (Lipinski definition) is 6. The molecule has 0 spiro atoms. The molecule has 53 heavy (non-hydrogen) atoms. The predicted octanol–water partition coefficient (Wildman–Crippen LogP) is 6.23. The van der Waals surface area contributed by atoms with Crippen molar-refractivity contribution in [3.63, 3.8) is 0 Å². The summed E-state index contributed by atoms with van der Waals surface area (Å²) in [5.41, 5.74) is 3.50. The Balaban J connectivity index is 1.65. The first kappa shape index (κ1) is 41.0. The van der Waals surface area contributed by atoms with Crippen molar-refractivity contribution in [2.45, 2.75) is 78.5 Å². The van der Waals surface area contributed by atoms with Crippen molar-refractivity contribution in [1.29, 1.82) is 0 Å². The third kappa shape index (κ3) is 13.0. The van der Waals surface area contributed by atoms with Gasteiger partial charge in [-0.05, 0) is 91.8 Å². The number of nitrogens with zero attached hydrogens (tertiary/aromatic N) is 2. The average Bonchev–Trinajstić information content (AvgIpc) is 3.13. The third-order valence-corrected chi connectivity index (χ3v) is 8.84. The van der Waals surface area contributed by atoms with Gasteiger partial charge in [0.15, 0.2) is 0 Å². The summed E-state index contributed by atoms with van der Waals surface area (Å²) in [6.07, 6.45) is 1.84. The van der Waals surface area contributed by atoms with Crippen LogP contribution < -0.4 is 16.0 Å². The van der Waals surface area contributed by atoms with Crippen LogP contribution in [0.25, 0.3) is 0 Å². The second-order valence-electron chi connectivity index (χ2n) is 13.5. The van der Waals surface area contributed by atoms with Crippen molar-refractivity contribution in [3.8, 4) is 11.8 Å². The minimum Gasteiger partial charge on any atom is -0.443 e. The SMILES string of the molecule is CCCC#Cc1cccc(CNCC(OC(=O)N2CCNCC2)C(Cc2cc(F)cc(F)c2)NC(=O)c2cc(C)cc(C(=O)N(CCC)CCC)c2)c1. The van der Waals surface area contributed by atoms with Crippen LogP contribution in [0.2, 0.25) is 0 Å². The van der Waals surface area contributed by atoms with Gasteiger partial charge in [-0.3, -0.25) is 9.59 Å². The number of nitrogens with one attached hydrogen (secondary N) is 3. The van der Waals surface area contributed by atoms with Crippen molar-refractivity contribution in [3.05, 3.63) is 106 Å². The second kappa shape index (κ2) is 21.0. The maximum absolute atomic E-state index is 14.4. The molecule has 3 aromatic rings. The number of hydrogen-bond donors (Lipinski definition) is 3. The van der Waals surface area contributed by atoms with Gasteiger partial charge in [-0.15, -0.1) is 0 Å². The summed E-state index contributed by atoms with van der Waals surface area (Å²) in [5, 5.41) is 9.60. The van der Waals surface area contributed by atoms with Crippen LogP contribution in [0, 0.1) is 30.4 Å². The molecule has 4 rings (SSSR count). The highest BCUT2D eigenvalue weighted by atomic mass is 19.1. The first-order valence-corrected chi connectivity index (χ1v) is 18.7. The lowest BCUT2D eigenvalue weighted by Gasteiger charge is -2.32. The van der Waals surface area contributed by atoms with Crippen LogP contribution in [0.5, 0.6) is 0 Å². The van der Waals surface area contributed by atoms with E-state index in [1.54, 1.807) is 28.0 Å². The molecule has 284 valence electrons. The van der Waals surface area contributed by atoms with Gasteiger partial charge in [-0.2, -0.15) is 0 Å². The summed E-state index contributed by atoms with van der Waals surface area (Å²) in [7, 11) is 0. The maximum atomic E-state index is 14.4. The lowest BCUT2D eigenvalue weighted by atomic mass is 9.99. The van der Waals surface area contributed by atoms with E-state index in [4.69, 9.17) is 4.74 Å². The van der Waals surface area contributed by atoms with Crippen LogP contribution >= 0.6 is 0 Å². The van der Waals surface area contributed by atoms with Crippen molar-refractivity contribution < 1.29 is 27.9 Å². The number of halogens is 2. The molecule has 0 radical (unpaired) electrons. The molecule has 0 bridgehead atoms. The normalized spacial score (nSPS) is 13.7. The van der Waals surface area contributed by atoms with Crippen molar-refractivity contribution in [2.24, 2.45) is 0 Å². The van der Waals surface area contributed by atoms with E-state index in [2.05, 4.69) is 34.7 Å². The van der Waals surface area contributed by atoms with Crippen molar-refractivity contribution in [1.82, 2.24) is 25.8 Å². The Kier molecular flexibility index (Phi) is 16.3. The van der Waals surface area contributed by atoms with Gasteiger partial charge in [0.25, 0.3) is 11.8 Å². The highest BCUT2D eigenvalue weighted by molar-refractivity contribution is 6.00. The number of piperazine rings is 1. The molecule has 9 nitrogen and oxygen atoms in total. The molecule has 1 aliphatic rings. The first-order valence-electron chi connectivity index (χ1n) is 18.7. The Morgan fingerprint density at radius 2 is 1.60 bits per heavy atom. The van der Waals surface area contributed by atoms with Gasteiger partial charge < -0.3 is 30.5 Å². The van der Waals surface area contributed by atoms with Crippen LogP contribution in [-0.4, -0.2) is 85.7 Å². The topological polar surface area (TPSA) is 103 Å². The number of carbonyl (C=O) groups excluding carboxylic acids is 3. The van der Waals surface area contributed by atoms with E-state index in [9.17, 15) is 23.2 Å². The zero-order valence-corrected chi connectivity index (χ0v) is 31.4. The Hall–Kier alpha value is -4.79. The highest BCUT2D eigenvalue weighted by Gasteiger charge is 2.31. The van der Waals surface area contributed by atoms with Crippen LogP contribution in [0.1, 0.15) is 89.4 Å². The van der Waals surface area contributed by atoms with E-state index < -0.39 is 35.8 Å². The molecule has 1 saturated heterocycles. The quantitative estimate of drug-likeness (QED) is 0.151. The molecule has 3 aromatic carbocycles. The van der Waals surface area contributed by atoms with Crippen molar-refractivity contribution >= 4 is 17.9 Å². The van der Waals surface area contributed by atoms with Crippen molar-refractivity contribution in [2.75, 3.05) is 45.8 Å². The molecule has 2 atom stereocenters. The zero-order valence-electron chi connectivity index (χ0n) is 31.4.